The van der Waals surface area contributed by atoms with Crippen molar-refractivity contribution < 1.29 is 48.6 Å². The van der Waals surface area contributed by atoms with Crippen molar-refractivity contribution in [2.45, 2.75) is 79.5 Å². The van der Waals surface area contributed by atoms with Gasteiger partial charge in [0.05, 0.1) is 12.2 Å². The maximum atomic E-state index is 13.8. The maximum Gasteiger partial charge on any atom is 0.331 e. The minimum atomic E-state index is -2.43. The highest BCUT2D eigenvalue weighted by Crippen LogP contribution is 2.74. The topological polar surface area (TPSA) is 144 Å². The summed E-state index contributed by atoms with van der Waals surface area (Å²) < 4.78 is 33.4. The molecular formula is C38H38O10. The number of Topliss-reactive ketones (excluding diaryl/α,β-unsaturated/α-hetero) is 1. The van der Waals surface area contributed by atoms with Gasteiger partial charge in [0.1, 0.15) is 29.5 Å². The van der Waals surface area contributed by atoms with Crippen LogP contribution in [0.2, 0.25) is 0 Å². The summed E-state index contributed by atoms with van der Waals surface area (Å²) in [6.45, 7) is 8.70. The summed E-state index contributed by atoms with van der Waals surface area (Å²) in [6, 6.07) is 18.6. The van der Waals surface area contributed by atoms with Crippen molar-refractivity contribution in [1.82, 2.24) is 0 Å². The highest BCUT2D eigenvalue weighted by Gasteiger charge is 2.90. The van der Waals surface area contributed by atoms with Gasteiger partial charge in [-0.15, -0.1) is 0 Å². The van der Waals surface area contributed by atoms with E-state index in [1.807, 2.05) is 42.5 Å². The van der Waals surface area contributed by atoms with Gasteiger partial charge in [-0.3, -0.25) is 4.79 Å². The number of aliphatic hydroxyl groups excluding tert-OH is 2. The molecule has 3 heterocycles. The summed E-state index contributed by atoms with van der Waals surface area (Å²) in [7, 11) is 0. The molecule has 2 aromatic rings. The van der Waals surface area contributed by atoms with Crippen LogP contribution in [0.15, 0.2) is 103 Å². The zero-order valence-electron chi connectivity index (χ0n) is 26.9. The Morgan fingerprint density at radius 1 is 1.04 bits per heavy atom. The number of ether oxygens (including phenoxy) is 5. The summed E-state index contributed by atoms with van der Waals surface area (Å²) >= 11 is 0. The minimum absolute atomic E-state index is 0.0937. The number of fused-ring (bicyclic) bond motifs is 3. The summed E-state index contributed by atoms with van der Waals surface area (Å²) in [5.74, 6) is -5.20. The van der Waals surface area contributed by atoms with Gasteiger partial charge in [0, 0.05) is 29.9 Å². The van der Waals surface area contributed by atoms with Gasteiger partial charge < -0.3 is 39.0 Å². The lowest BCUT2D eigenvalue weighted by molar-refractivity contribution is -0.433. The van der Waals surface area contributed by atoms with Gasteiger partial charge in [-0.05, 0) is 37.5 Å². The Morgan fingerprint density at radius 3 is 2.40 bits per heavy atom. The fourth-order valence-electron chi connectivity index (χ4n) is 9.45. The number of carbonyl (C=O) groups is 2. The second-order valence-corrected chi connectivity index (χ2v) is 14.2. The second-order valence-electron chi connectivity index (χ2n) is 14.2. The molecule has 48 heavy (non-hydrogen) atoms. The molecule has 10 nitrogen and oxygen atoms in total. The molecule has 3 aliphatic carbocycles. The fraction of sp³-hybridized carbons (Fsp3) is 0.421. The average molecular weight is 655 g/mol. The van der Waals surface area contributed by atoms with Crippen molar-refractivity contribution in [2.24, 2.45) is 11.8 Å². The predicted molar refractivity (Wildman–Crippen MR) is 171 cm³/mol. The molecule has 3 N–H and O–H groups in total. The molecule has 11 atom stereocenters. The molecule has 11 unspecified atom stereocenters. The quantitative estimate of drug-likeness (QED) is 0.134. The van der Waals surface area contributed by atoms with Gasteiger partial charge in [-0.2, -0.15) is 0 Å². The van der Waals surface area contributed by atoms with Gasteiger partial charge in [0.2, 0.25) is 0 Å². The first-order chi connectivity index (χ1) is 22.8. The fourth-order valence-corrected chi connectivity index (χ4v) is 9.45. The number of hydrogen-bond acceptors (Lipinski definition) is 10. The highest BCUT2D eigenvalue weighted by atomic mass is 16.9. The third-order valence-corrected chi connectivity index (χ3v) is 11.5. The van der Waals surface area contributed by atoms with Crippen LogP contribution in [0.25, 0.3) is 6.08 Å². The molecular weight excluding hydrogens is 616 g/mol. The molecule has 6 aliphatic rings. The number of allylic oxidation sites excluding steroid dienone is 2. The van der Waals surface area contributed by atoms with Crippen LogP contribution in [0.5, 0.6) is 0 Å². The molecule has 3 bridgehead atoms. The SMILES string of the molecule is C=C(C)C12OC3(c4ccccc4)OC1C1C4OC4(CO)C(O)C4(O)C(=O)C(C)=CC4C1(CC2(C)OC(=O)C=CC=Cc1ccccc1)O3. The number of ketones is 1. The molecule has 0 amide bonds. The van der Waals surface area contributed by atoms with E-state index in [1.54, 1.807) is 63.3 Å². The molecule has 3 saturated heterocycles. The molecule has 5 fully saturated rings. The van der Waals surface area contributed by atoms with Crippen LogP contribution < -0.4 is 0 Å². The number of esters is 1. The van der Waals surface area contributed by atoms with E-state index < -0.39 is 82.5 Å². The molecule has 2 aromatic carbocycles. The molecule has 8 rings (SSSR count). The summed E-state index contributed by atoms with van der Waals surface area (Å²) in [6.07, 6.45) is 4.31. The van der Waals surface area contributed by atoms with Crippen molar-refractivity contribution in [3.63, 3.8) is 0 Å². The van der Waals surface area contributed by atoms with Gasteiger partial charge in [-0.1, -0.05) is 91.5 Å². The largest absolute Gasteiger partial charge is 0.453 e. The van der Waals surface area contributed by atoms with E-state index in [1.165, 1.54) is 6.08 Å². The summed E-state index contributed by atoms with van der Waals surface area (Å²) in [5, 5.41) is 34.9. The number of rotatable bonds is 7. The first kappa shape index (κ1) is 31.5. The van der Waals surface area contributed by atoms with Gasteiger partial charge in [-0.25, -0.2) is 4.79 Å². The lowest BCUT2D eigenvalue weighted by Crippen LogP contribution is -2.76. The standard InChI is InChI=1S/C38H38O10/c1-22(2)37-31-28-30-35(21-39,45-30)32(42)36(43)26(19-23(3)29(36)41)34(28,47-38(46-31,48-37)25-16-9-6-10-17-25)20-33(37,4)44-27(40)18-12-11-15-24-13-7-5-8-14-24/h5-19,26,28,30-32,39,42-43H,1,20-21H2,2-4H3. The van der Waals surface area contributed by atoms with E-state index in [0.717, 1.165) is 5.56 Å². The molecule has 250 valence electrons. The lowest BCUT2D eigenvalue weighted by atomic mass is 9.53. The van der Waals surface area contributed by atoms with Crippen molar-refractivity contribution in [1.29, 1.82) is 0 Å². The van der Waals surface area contributed by atoms with Gasteiger partial charge >= 0.3 is 11.9 Å². The normalized spacial score (nSPS) is 45.0. The van der Waals surface area contributed by atoms with Crippen LogP contribution in [0, 0.1) is 11.8 Å². The van der Waals surface area contributed by atoms with E-state index in [4.69, 9.17) is 23.7 Å². The van der Waals surface area contributed by atoms with Gasteiger partial charge in [0.15, 0.2) is 17.0 Å². The third kappa shape index (κ3) is 3.76. The zero-order chi connectivity index (χ0) is 33.9. The lowest BCUT2D eigenvalue weighted by Gasteiger charge is -2.61. The zero-order valence-corrected chi connectivity index (χ0v) is 26.9. The van der Waals surface area contributed by atoms with Crippen molar-refractivity contribution >= 4 is 17.8 Å². The van der Waals surface area contributed by atoms with Crippen molar-refractivity contribution in [2.75, 3.05) is 6.61 Å². The van der Waals surface area contributed by atoms with Crippen molar-refractivity contribution in [3.8, 4) is 0 Å². The first-order valence-electron chi connectivity index (χ1n) is 16.2. The first-order valence-corrected chi connectivity index (χ1v) is 16.2. The Kier molecular flexibility index (Phi) is 6.66. The van der Waals surface area contributed by atoms with E-state index in [0.29, 0.717) is 11.1 Å². The molecule has 3 aliphatic heterocycles. The number of carbonyl (C=O) groups excluding carboxylic acids is 2. The second kappa shape index (κ2) is 10.1. The summed E-state index contributed by atoms with van der Waals surface area (Å²) in [4.78, 5) is 27.5. The monoisotopic (exact) mass is 654 g/mol. The molecule has 0 radical (unpaired) electrons. The predicted octanol–water partition coefficient (Wildman–Crippen LogP) is 3.27. The maximum absolute atomic E-state index is 13.8. The Balaban J connectivity index is 1.29. The van der Waals surface area contributed by atoms with E-state index in [2.05, 4.69) is 6.58 Å². The third-order valence-electron chi connectivity index (χ3n) is 11.5. The van der Waals surface area contributed by atoms with E-state index in [-0.39, 0.29) is 12.0 Å². The van der Waals surface area contributed by atoms with Crippen LogP contribution in [-0.2, 0) is 39.2 Å². The average Bonchev–Trinajstić information content (AvgIpc) is 3.68. The smallest absolute Gasteiger partial charge is 0.331 e. The van der Waals surface area contributed by atoms with E-state index >= 15 is 0 Å². The van der Waals surface area contributed by atoms with Crippen LogP contribution in [0.4, 0.5) is 0 Å². The van der Waals surface area contributed by atoms with Crippen molar-refractivity contribution in [3.05, 3.63) is 114 Å². The Hall–Kier alpha value is -3.74. The summed E-state index contributed by atoms with van der Waals surface area (Å²) in [5.41, 5.74) is -6.57. The van der Waals surface area contributed by atoms with Crippen LogP contribution in [-0.4, -0.2) is 80.0 Å². The van der Waals surface area contributed by atoms with Crippen LogP contribution >= 0.6 is 0 Å². The number of epoxide rings is 1. The Bertz CT molecular complexity index is 1800. The molecule has 2 saturated carbocycles. The molecule has 0 spiro atoms. The van der Waals surface area contributed by atoms with E-state index in [9.17, 15) is 24.9 Å². The van der Waals surface area contributed by atoms with Crippen LogP contribution in [0.1, 0.15) is 38.3 Å². The minimum Gasteiger partial charge on any atom is -0.453 e. The Labute approximate surface area is 277 Å². The van der Waals surface area contributed by atoms with Crippen LogP contribution in [0.3, 0.4) is 0 Å². The Morgan fingerprint density at radius 2 is 1.73 bits per heavy atom. The molecule has 0 aromatic heterocycles. The number of aliphatic hydroxyl groups is 3. The number of benzene rings is 2. The highest BCUT2D eigenvalue weighted by molar-refractivity contribution is 6.05. The van der Waals surface area contributed by atoms with Gasteiger partial charge in [0.25, 0.3) is 0 Å². The number of hydrogen-bond donors (Lipinski definition) is 3. The molecule has 10 heteroatoms.